The predicted octanol–water partition coefficient (Wildman–Crippen LogP) is 3.09. The van der Waals surface area contributed by atoms with Crippen molar-refractivity contribution in [3.05, 3.63) is 29.3 Å². The molecule has 0 heterocycles. The molecule has 112 valence electrons. The minimum absolute atomic E-state index is 0.166. The number of nitrogens with one attached hydrogen (secondary N) is 2. The smallest absolute Gasteiger partial charge is 0.319 e. The molecule has 4 heteroatoms. The molecule has 0 fully saturated rings. The van der Waals surface area contributed by atoms with Gasteiger partial charge in [-0.2, -0.15) is 0 Å². The van der Waals surface area contributed by atoms with E-state index < -0.39 is 0 Å². The van der Waals surface area contributed by atoms with Crippen molar-refractivity contribution in [1.82, 2.24) is 5.32 Å². The van der Waals surface area contributed by atoms with Crippen molar-refractivity contribution in [3.63, 3.8) is 0 Å². The van der Waals surface area contributed by atoms with E-state index in [1.54, 1.807) is 0 Å². The Kier molecular flexibility index (Phi) is 7.09. The Balaban J connectivity index is 2.49. The quantitative estimate of drug-likeness (QED) is 0.717. The monoisotopic (exact) mass is 278 g/mol. The van der Waals surface area contributed by atoms with E-state index in [4.69, 9.17) is 5.11 Å². The Labute approximate surface area is 121 Å². The standard InChI is InChI=1S/C16H26N2O2/c1-4-13(8-9-19)11-17-16(20)18-15-7-6-12(3)14(5-2)10-15/h6-7,10,13,19H,4-5,8-9,11H2,1-3H3,(H2,17,18,20). The van der Waals surface area contributed by atoms with E-state index in [9.17, 15) is 4.79 Å². The maximum Gasteiger partial charge on any atom is 0.319 e. The van der Waals surface area contributed by atoms with E-state index in [0.717, 1.165) is 24.9 Å². The number of benzene rings is 1. The summed E-state index contributed by atoms with van der Waals surface area (Å²) in [5.74, 6) is 0.329. The molecule has 0 aliphatic carbocycles. The van der Waals surface area contributed by atoms with Gasteiger partial charge in [0.25, 0.3) is 0 Å². The fourth-order valence-electron chi connectivity index (χ4n) is 2.18. The molecular formula is C16H26N2O2. The lowest BCUT2D eigenvalue weighted by molar-refractivity contribution is 0.238. The number of carbonyl (C=O) groups excluding carboxylic acids is 1. The normalized spacial score (nSPS) is 12.0. The second-order valence-electron chi connectivity index (χ2n) is 5.12. The van der Waals surface area contributed by atoms with E-state index in [2.05, 4.69) is 31.4 Å². The summed E-state index contributed by atoms with van der Waals surface area (Å²) in [4.78, 5) is 11.8. The molecule has 1 unspecified atom stereocenters. The number of aliphatic hydroxyl groups excluding tert-OH is 1. The largest absolute Gasteiger partial charge is 0.396 e. The Hall–Kier alpha value is -1.55. The number of hydrogen-bond donors (Lipinski definition) is 3. The van der Waals surface area contributed by atoms with Crippen LogP contribution in [0.1, 0.15) is 37.8 Å². The van der Waals surface area contributed by atoms with Gasteiger partial charge < -0.3 is 15.7 Å². The van der Waals surface area contributed by atoms with Gasteiger partial charge in [-0.05, 0) is 48.9 Å². The number of amides is 2. The number of urea groups is 1. The molecule has 0 radical (unpaired) electrons. The van der Waals surface area contributed by atoms with Gasteiger partial charge in [0.2, 0.25) is 0 Å². The summed E-state index contributed by atoms with van der Waals surface area (Å²) >= 11 is 0. The molecule has 3 N–H and O–H groups in total. The van der Waals surface area contributed by atoms with Gasteiger partial charge >= 0.3 is 6.03 Å². The summed E-state index contributed by atoms with van der Waals surface area (Å²) in [6, 6.07) is 5.76. The van der Waals surface area contributed by atoms with Crippen LogP contribution in [0.25, 0.3) is 0 Å². The van der Waals surface area contributed by atoms with Crippen molar-refractivity contribution in [2.75, 3.05) is 18.5 Å². The van der Waals surface area contributed by atoms with Crippen LogP contribution in [0.15, 0.2) is 18.2 Å². The van der Waals surface area contributed by atoms with Crippen molar-refractivity contribution in [3.8, 4) is 0 Å². The first-order valence-corrected chi connectivity index (χ1v) is 7.35. The van der Waals surface area contributed by atoms with Crippen LogP contribution in [-0.2, 0) is 6.42 Å². The van der Waals surface area contributed by atoms with Crippen LogP contribution in [0.2, 0.25) is 0 Å². The molecule has 1 rings (SSSR count). The van der Waals surface area contributed by atoms with E-state index >= 15 is 0 Å². The minimum atomic E-state index is -0.188. The molecule has 20 heavy (non-hydrogen) atoms. The third-order valence-corrected chi connectivity index (χ3v) is 3.65. The number of aliphatic hydroxyl groups is 1. The highest BCUT2D eigenvalue weighted by molar-refractivity contribution is 5.89. The summed E-state index contributed by atoms with van der Waals surface area (Å²) < 4.78 is 0. The maximum atomic E-state index is 11.8. The lowest BCUT2D eigenvalue weighted by atomic mass is 10.0. The van der Waals surface area contributed by atoms with E-state index in [1.807, 2.05) is 18.2 Å². The molecule has 0 bridgehead atoms. The van der Waals surface area contributed by atoms with Gasteiger partial charge in [0, 0.05) is 18.8 Å². The molecule has 0 spiro atoms. The molecule has 0 aliphatic rings. The summed E-state index contributed by atoms with van der Waals surface area (Å²) in [5, 5.41) is 14.6. The Bertz CT molecular complexity index is 432. The summed E-state index contributed by atoms with van der Waals surface area (Å²) in [6.07, 6.45) is 2.63. The van der Waals surface area contributed by atoms with Gasteiger partial charge in [-0.3, -0.25) is 0 Å². The Morgan fingerprint density at radius 3 is 2.70 bits per heavy atom. The highest BCUT2D eigenvalue weighted by atomic mass is 16.3. The van der Waals surface area contributed by atoms with Gasteiger partial charge in [-0.15, -0.1) is 0 Å². The second-order valence-corrected chi connectivity index (χ2v) is 5.12. The summed E-state index contributed by atoms with van der Waals surface area (Å²) in [5.41, 5.74) is 3.31. The zero-order chi connectivity index (χ0) is 15.0. The zero-order valence-corrected chi connectivity index (χ0v) is 12.7. The van der Waals surface area contributed by atoms with Crippen LogP contribution in [0.3, 0.4) is 0 Å². The van der Waals surface area contributed by atoms with Crippen LogP contribution in [-0.4, -0.2) is 24.3 Å². The molecule has 1 atom stereocenters. The van der Waals surface area contributed by atoms with Gasteiger partial charge in [-0.1, -0.05) is 26.3 Å². The molecule has 0 aromatic heterocycles. The van der Waals surface area contributed by atoms with Crippen molar-refractivity contribution < 1.29 is 9.90 Å². The first-order valence-electron chi connectivity index (χ1n) is 7.35. The first-order chi connectivity index (χ1) is 9.60. The van der Waals surface area contributed by atoms with E-state index in [0.29, 0.717) is 12.5 Å². The minimum Gasteiger partial charge on any atom is -0.396 e. The SMILES string of the molecule is CCc1cc(NC(=O)NCC(CC)CCO)ccc1C. The summed E-state index contributed by atoms with van der Waals surface area (Å²) in [7, 11) is 0. The van der Waals surface area contributed by atoms with Gasteiger partial charge in [0.15, 0.2) is 0 Å². The third-order valence-electron chi connectivity index (χ3n) is 3.65. The number of hydrogen-bond acceptors (Lipinski definition) is 2. The highest BCUT2D eigenvalue weighted by Gasteiger charge is 2.08. The van der Waals surface area contributed by atoms with Crippen molar-refractivity contribution in [2.24, 2.45) is 5.92 Å². The summed E-state index contributed by atoms with van der Waals surface area (Å²) in [6.45, 7) is 7.00. The number of rotatable bonds is 7. The Morgan fingerprint density at radius 2 is 2.10 bits per heavy atom. The van der Waals surface area contributed by atoms with Gasteiger partial charge in [0.1, 0.15) is 0 Å². The molecule has 0 aliphatic heterocycles. The molecule has 1 aromatic rings. The average molecular weight is 278 g/mol. The van der Waals surface area contributed by atoms with E-state index in [1.165, 1.54) is 11.1 Å². The third kappa shape index (κ3) is 5.21. The zero-order valence-electron chi connectivity index (χ0n) is 12.7. The van der Waals surface area contributed by atoms with Crippen LogP contribution in [0, 0.1) is 12.8 Å². The van der Waals surface area contributed by atoms with Crippen LogP contribution < -0.4 is 10.6 Å². The molecule has 1 aromatic carbocycles. The number of anilines is 1. The molecule has 0 saturated heterocycles. The molecular weight excluding hydrogens is 252 g/mol. The maximum absolute atomic E-state index is 11.8. The van der Waals surface area contributed by atoms with Crippen LogP contribution >= 0.6 is 0 Å². The van der Waals surface area contributed by atoms with Crippen molar-refractivity contribution >= 4 is 11.7 Å². The van der Waals surface area contributed by atoms with Gasteiger partial charge in [-0.25, -0.2) is 4.79 Å². The average Bonchev–Trinajstić information content (AvgIpc) is 2.45. The number of aryl methyl sites for hydroxylation is 2. The molecule has 4 nitrogen and oxygen atoms in total. The second kappa shape index (κ2) is 8.59. The van der Waals surface area contributed by atoms with Crippen LogP contribution in [0.5, 0.6) is 0 Å². The highest BCUT2D eigenvalue weighted by Crippen LogP contribution is 2.15. The van der Waals surface area contributed by atoms with Crippen molar-refractivity contribution in [2.45, 2.75) is 40.0 Å². The van der Waals surface area contributed by atoms with Crippen LogP contribution in [0.4, 0.5) is 10.5 Å². The first kappa shape index (κ1) is 16.5. The molecule has 2 amide bonds. The predicted molar refractivity (Wildman–Crippen MR) is 83.1 cm³/mol. The lowest BCUT2D eigenvalue weighted by Crippen LogP contribution is -2.33. The van der Waals surface area contributed by atoms with Crippen molar-refractivity contribution in [1.29, 1.82) is 0 Å². The Morgan fingerprint density at radius 1 is 1.35 bits per heavy atom. The topological polar surface area (TPSA) is 61.4 Å². The van der Waals surface area contributed by atoms with Gasteiger partial charge in [0.05, 0.1) is 0 Å². The fraction of sp³-hybridized carbons (Fsp3) is 0.562. The number of carbonyl (C=O) groups is 1. The lowest BCUT2D eigenvalue weighted by Gasteiger charge is -2.15. The molecule has 0 saturated carbocycles. The fourth-order valence-corrected chi connectivity index (χ4v) is 2.18. The van der Waals surface area contributed by atoms with E-state index in [-0.39, 0.29) is 12.6 Å².